The van der Waals surface area contributed by atoms with Gasteiger partial charge in [-0.15, -0.1) is 0 Å². The highest BCUT2D eigenvalue weighted by molar-refractivity contribution is 5.87. The van der Waals surface area contributed by atoms with Crippen LogP contribution in [0.3, 0.4) is 0 Å². The van der Waals surface area contributed by atoms with E-state index in [4.69, 9.17) is 0 Å². The van der Waals surface area contributed by atoms with Crippen molar-refractivity contribution in [1.29, 1.82) is 0 Å². The van der Waals surface area contributed by atoms with Gasteiger partial charge in [-0.25, -0.2) is 8.78 Å². The Morgan fingerprint density at radius 3 is 2.41 bits per heavy atom. The molecule has 1 fully saturated rings. The highest BCUT2D eigenvalue weighted by Crippen LogP contribution is 2.53. The quantitative estimate of drug-likeness (QED) is 0.368. The predicted octanol–water partition coefficient (Wildman–Crippen LogP) is 7.50. The molecule has 32 heavy (non-hydrogen) atoms. The van der Waals surface area contributed by atoms with E-state index in [2.05, 4.69) is 4.74 Å². The highest BCUT2D eigenvalue weighted by atomic mass is 19.4. The van der Waals surface area contributed by atoms with Crippen LogP contribution < -0.4 is 0 Å². The van der Waals surface area contributed by atoms with Crippen LogP contribution in [0.4, 0.5) is 30.7 Å². The summed E-state index contributed by atoms with van der Waals surface area (Å²) < 4.78 is 95.8. The lowest BCUT2D eigenvalue weighted by atomic mass is 9.69. The molecule has 0 spiro atoms. The Hall–Kier alpha value is -2.77. The van der Waals surface area contributed by atoms with E-state index in [0.717, 1.165) is 30.1 Å². The molecule has 0 radical (unpaired) electrons. The second-order valence-corrected chi connectivity index (χ2v) is 8.01. The zero-order valence-corrected chi connectivity index (χ0v) is 16.7. The summed E-state index contributed by atoms with van der Waals surface area (Å²) in [6.07, 6.45) is 2.76. The first-order valence-electron chi connectivity index (χ1n) is 10.0. The first kappa shape index (κ1) is 22.4. The van der Waals surface area contributed by atoms with Crippen molar-refractivity contribution in [3.63, 3.8) is 0 Å². The minimum atomic E-state index is -4.24. The van der Waals surface area contributed by atoms with Gasteiger partial charge in [-0.3, -0.25) is 0 Å². The molecule has 1 heterocycles. The molecule has 5 rings (SSSR count). The maximum atomic E-state index is 14.4. The van der Waals surface area contributed by atoms with Gasteiger partial charge in [0.15, 0.2) is 0 Å². The van der Waals surface area contributed by atoms with Gasteiger partial charge >= 0.3 is 6.18 Å². The van der Waals surface area contributed by atoms with Gasteiger partial charge in [-0.2, -0.15) is 22.0 Å². The average molecular weight is 456 g/mol. The van der Waals surface area contributed by atoms with Crippen LogP contribution in [-0.4, -0.2) is 18.7 Å². The Morgan fingerprint density at radius 1 is 1.00 bits per heavy atom. The number of halogens is 7. The molecule has 3 aliphatic carbocycles. The molecule has 170 valence electrons. The van der Waals surface area contributed by atoms with E-state index in [1.54, 1.807) is 30.4 Å². The largest absolute Gasteiger partial charge is 0.497 e. The number of ether oxygens (including phenoxy) is 1. The summed E-state index contributed by atoms with van der Waals surface area (Å²) in [6, 6.07) is 6.43. The Kier molecular flexibility index (Phi) is 5.59. The first-order valence-corrected chi connectivity index (χ1v) is 10.0. The van der Waals surface area contributed by atoms with Crippen molar-refractivity contribution >= 4 is 5.57 Å². The molecular formula is C24H19F7O. The SMILES string of the molecule is FC(F)(F)C1=CCOC=C1.FC1(F)CCC2C(=CC=C3C2=CC(F)(F)c2ccccc23)C1. The maximum absolute atomic E-state index is 14.4. The van der Waals surface area contributed by atoms with Crippen LogP contribution >= 0.6 is 0 Å². The topological polar surface area (TPSA) is 9.23 Å². The molecule has 0 bridgehead atoms. The molecule has 1 atom stereocenters. The van der Waals surface area contributed by atoms with Crippen LogP contribution in [0.25, 0.3) is 5.57 Å². The highest BCUT2D eigenvalue weighted by Gasteiger charge is 2.45. The minimum absolute atomic E-state index is 0.00530. The fourth-order valence-corrected chi connectivity index (χ4v) is 4.35. The Bertz CT molecular complexity index is 1050. The van der Waals surface area contributed by atoms with Crippen LogP contribution in [0.2, 0.25) is 0 Å². The van der Waals surface area contributed by atoms with E-state index < -0.39 is 23.6 Å². The van der Waals surface area contributed by atoms with Crippen LogP contribution in [0.1, 0.15) is 30.4 Å². The lowest BCUT2D eigenvalue weighted by Gasteiger charge is -2.38. The molecule has 1 nitrogen and oxygen atoms in total. The maximum Gasteiger partial charge on any atom is 0.416 e. The van der Waals surface area contributed by atoms with E-state index in [9.17, 15) is 30.7 Å². The summed E-state index contributed by atoms with van der Waals surface area (Å²) in [5.74, 6) is -6.08. The summed E-state index contributed by atoms with van der Waals surface area (Å²) in [5.41, 5.74) is 1.69. The molecule has 1 saturated carbocycles. The van der Waals surface area contributed by atoms with Crippen molar-refractivity contribution in [3.8, 4) is 0 Å². The molecule has 1 unspecified atom stereocenters. The second kappa shape index (κ2) is 7.98. The van der Waals surface area contributed by atoms with Gasteiger partial charge in [0.25, 0.3) is 11.8 Å². The normalized spacial score (nSPS) is 24.7. The number of alkyl halides is 7. The molecule has 8 heteroatoms. The van der Waals surface area contributed by atoms with Crippen LogP contribution in [0, 0.1) is 5.92 Å². The molecule has 0 saturated heterocycles. The Labute approximate surface area is 180 Å². The van der Waals surface area contributed by atoms with E-state index in [0.29, 0.717) is 16.7 Å². The number of hydrogen-bond donors (Lipinski definition) is 0. The Morgan fingerprint density at radius 2 is 1.75 bits per heavy atom. The number of benzene rings is 1. The van der Waals surface area contributed by atoms with Crippen LogP contribution in [0.5, 0.6) is 0 Å². The summed E-state index contributed by atoms with van der Waals surface area (Å²) in [5, 5.41) is 0. The van der Waals surface area contributed by atoms with Gasteiger partial charge in [0, 0.05) is 24.3 Å². The lowest BCUT2D eigenvalue weighted by Crippen LogP contribution is -2.31. The molecule has 0 N–H and O–H groups in total. The van der Waals surface area contributed by atoms with Gasteiger partial charge < -0.3 is 4.74 Å². The number of fused-ring (bicyclic) bond motifs is 5. The van der Waals surface area contributed by atoms with Crippen molar-refractivity contribution in [3.05, 3.63) is 88.8 Å². The molecule has 0 aromatic heterocycles. The predicted molar refractivity (Wildman–Crippen MR) is 106 cm³/mol. The summed E-state index contributed by atoms with van der Waals surface area (Å²) in [7, 11) is 0. The smallest absolute Gasteiger partial charge is 0.416 e. The molecule has 0 amide bonds. The van der Waals surface area contributed by atoms with Gasteiger partial charge in [0.05, 0.1) is 11.8 Å². The van der Waals surface area contributed by atoms with E-state index >= 15 is 0 Å². The zero-order valence-electron chi connectivity index (χ0n) is 16.7. The summed E-state index contributed by atoms with van der Waals surface area (Å²) in [4.78, 5) is 0. The van der Waals surface area contributed by atoms with Gasteiger partial charge in [0.1, 0.15) is 6.61 Å². The zero-order chi connectivity index (χ0) is 23.1. The van der Waals surface area contributed by atoms with Gasteiger partial charge in [-0.05, 0) is 41.4 Å². The number of hydrogen-bond acceptors (Lipinski definition) is 1. The third kappa shape index (κ3) is 4.40. The monoisotopic (exact) mass is 456 g/mol. The van der Waals surface area contributed by atoms with E-state index in [1.807, 2.05) is 0 Å². The molecule has 1 aliphatic heterocycles. The molecule has 4 aliphatic rings. The Balaban J connectivity index is 0.000000207. The van der Waals surface area contributed by atoms with Gasteiger partial charge in [0.2, 0.25) is 0 Å². The van der Waals surface area contributed by atoms with E-state index in [1.165, 1.54) is 6.07 Å². The van der Waals surface area contributed by atoms with Crippen LogP contribution in [-0.2, 0) is 10.7 Å². The third-order valence-corrected chi connectivity index (χ3v) is 5.84. The number of rotatable bonds is 0. The van der Waals surface area contributed by atoms with Crippen molar-refractivity contribution in [2.45, 2.75) is 37.3 Å². The average Bonchev–Trinajstić information content (AvgIpc) is 2.73. The minimum Gasteiger partial charge on any atom is -0.497 e. The standard InChI is InChI=1S/C18H14F4.C6H5F3O/c19-17(20)8-7-12-11(9-17)5-6-13-14-3-1-2-4-16(14)18(21,22)10-15(12)13;7-6(8,9)5-1-3-10-4-2-5/h1-6,10,12H,7-9H2;1-3H,4H2. The summed E-state index contributed by atoms with van der Waals surface area (Å²) >= 11 is 0. The van der Waals surface area contributed by atoms with Gasteiger partial charge in [-0.1, -0.05) is 42.0 Å². The molecular weight excluding hydrogens is 437 g/mol. The fraction of sp³-hybridized carbons (Fsp3) is 0.333. The fourth-order valence-electron chi connectivity index (χ4n) is 4.35. The summed E-state index contributed by atoms with van der Waals surface area (Å²) in [6.45, 7) is 0.00530. The van der Waals surface area contributed by atoms with Crippen molar-refractivity contribution in [2.75, 3.05) is 6.61 Å². The van der Waals surface area contributed by atoms with Crippen LogP contribution in [0.15, 0.2) is 77.6 Å². The van der Waals surface area contributed by atoms with Crippen molar-refractivity contribution in [1.82, 2.24) is 0 Å². The third-order valence-electron chi connectivity index (χ3n) is 5.84. The van der Waals surface area contributed by atoms with Crippen molar-refractivity contribution in [2.24, 2.45) is 5.92 Å². The number of allylic oxidation sites excluding steroid dienone is 8. The first-order chi connectivity index (χ1) is 15.0. The van der Waals surface area contributed by atoms with Crippen molar-refractivity contribution < 1.29 is 35.5 Å². The molecule has 1 aromatic rings. The lowest BCUT2D eigenvalue weighted by molar-refractivity contribution is -0.0894. The second-order valence-electron chi connectivity index (χ2n) is 8.01. The van der Waals surface area contributed by atoms with E-state index in [-0.39, 0.29) is 37.4 Å². The molecule has 1 aromatic carbocycles.